The van der Waals surface area contributed by atoms with Gasteiger partial charge in [0.25, 0.3) is 6.01 Å². The zero-order valence-corrected chi connectivity index (χ0v) is 17.4. The number of ether oxygens (including phenoxy) is 4. The van der Waals surface area contributed by atoms with Gasteiger partial charge in [0.15, 0.2) is 17.3 Å². The van der Waals surface area contributed by atoms with Crippen molar-refractivity contribution in [2.24, 2.45) is 0 Å². The van der Waals surface area contributed by atoms with Gasteiger partial charge in [-0.3, -0.25) is 5.10 Å². The molecule has 0 aliphatic rings. The quantitative estimate of drug-likeness (QED) is 0.348. The molecule has 0 saturated carbocycles. The van der Waals surface area contributed by atoms with Crippen molar-refractivity contribution in [2.75, 3.05) is 46.0 Å². The van der Waals surface area contributed by atoms with Crippen LogP contribution in [0.25, 0.3) is 22.2 Å². The van der Waals surface area contributed by atoms with Crippen LogP contribution in [0.1, 0.15) is 0 Å². The molecule has 162 valence electrons. The summed E-state index contributed by atoms with van der Waals surface area (Å²) in [6.45, 7) is 1.98. The summed E-state index contributed by atoms with van der Waals surface area (Å²) in [5, 5.41) is 11.1. The molecule has 0 aliphatic carbocycles. The number of methoxy groups -OCH3 is 2. The molecule has 4 rings (SSSR count). The highest BCUT2D eigenvalue weighted by atomic mass is 16.5. The third kappa shape index (κ3) is 5.14. The second-order valence-corrected chi connectivity index (χ2v) is 6.65. The van der Waals surface area contributed by atoms with Crippen molar-refractivity contribution in [1.29, 1.82) is 0 Å². The summed E-state index contributed by atoms with van der Waals surface area (Å²) in [6, 6.07) is 11.8. The lowest BCUT2D eigenvalue weighted by Crippen LogP contribution is -2.10. The van der Waals surface area contributed by atoms with Crippen molar-refractivity contribution in [3.63, 3.8) is 0 Å². The first kappa shape index (κ1) is 20.7. The minimum atomic E-state index is 0.394. The normalized spacial score (nSPS) is 11.0. The maximum atomic E-state index is 5.87. The Bertz CT molecular complexity index is 1120. The largest absolute Gasteiger partial charge is 0.493 e. The number of benzene rings is 2. The second-order valence-electron chi connectivity index (χ2n) is 6.65. The predicted octanol–water partition coefficient (Wildman–Crippen LogP) is 4.01. The van der Waals surface area contributed by atoms with E-state index in [0.717, 1.165) is 22.2 Å². The molecule has 0 atom stereocenters. The van der Waals surface area contributed by atoms with Gasteiger partial charge in [0.05, 0.1) is 44.8 Å². The highest BCUT2D eigenvalue weighted by Crippen LogP contribution is 2.33. The number of oxazole rings is 1. The van der Waals surface area contributed by atoms with Crippen LogP contribution in [0.2, 0.25) is 0 Å². The van der Waals surface area contributed by atoms with Crippen molar-refractivity contribution >= 4 is 22.6 Å². The molecule has 2 aromatic carbocycles. The number of nitrogens with one attached hydrogen (secondary N) is 2. The number of aromatic nitrogens is 3. The van der Waals surface area contributed by atoms with Crippen LogP contribution in [0.3, 0.4) is 0 Å². The lowest BCUT2D eigenvalue weighted by molar-refractivity contribution is 0.0540. The Labute approximate surface area is 179 Å². The molecule has 31 heavy (non-hydrogen) atoms. The van der Waals surface area contributed by atoms with Gasteiger partial charge in [0, 0.05) is 23.7 Å². The van der Waals surface area contributed by atoms with E-state index in [4.69, 9.17) is 23.4 Å². The van der Waals surface area contributed by atoms with Crippen molar-refractivity contribution in [2.45, 2.75) is 0 Å². The van der Waals surface area contributed by atoms with Gasteiger partial charge >= 0.3 is 0 Å². The Hall–Kier alpha value is -3.56. The predicted molar refractivity (Wildman–Crippen MR) is 116 cm³/mol. The Morgan fingerprint density at radius 3 is 2.74 bits per heavy atom. The molecule has 2 heterocycles. The molecule has 0 aliphatic heterocycles. The molecular formula is C22H24N4O5. The Balaban J connectivity index is 1.40. The molecule has 4 aromatic rings. The van der Waals surface area contributed by atoms with Gasteiger partial charge in [-0.15, -0.1) is 0 Å². The summed E-state index contributed by atoms with van der Waals surface area (Å²) < 4.78 is 27.4. The SMILES string of the molecule is COCCOCCOc1ccc(-c2cnc(Nc3ccc4[nH]ncc4c3)o2)cc1OC. The molecule has 0 amide bonds. The number of hydrogen-bond acceptors (Lipinski definition) is 8. The standard InChI is InChI=1S/C22H24N4O5/c1-27-7-8-29-9-10-30-19-6-3-15(12-20(19)28-2)21-14-23-22(31-21)25-17-4-5-18-16(11-17)13-24-26-18/h3-6,11-14H,7-10H2,1-2H3,(H,23,25)(H,24,26). The first-order valence-electron chi connectivity index (χ1n) is 9.80. The summed E-state index contributed by atoms with van der Waals surface area (Å²) in [7, 11) is 3.24. The van der Waals surface area contributed by atoms with E-state index in [0.29, 0.717) is 49.7 Å². The van der Waals surface area contributed by atoms with E-state index in [9.17, 15) is 0 Å². The Kier molecular flexibility index (Phi) is 6.65. The van der Waals surface area contributed by atoms with E-state index in [1.807, 2.05) is 36.4 Å². The molecule has 0 spiro atoms. The lowest BCUT2D eigenvalue weighted by atomic mass is 10.1. The van der Waals surface area contributed by atoms with Gasteiger partial charge in [0.2, 0.25) is 0 Å². The van der Waals surface area contributed by atoms with E-state index in [2.05, 4.69) is 20.5 Å². The first-order chi connectivity index (χ1) is 15.3. The molecule has 0 fully saturated rings. The number of fused-ring (bicyclic) bond motifs is 1. The molecular weight excluding hydrogens is 400 g/mol. The Morgan fingerprint density at radius 2 is 1.87 bits per heavy atom. The van der Waals surface area contributed by atoms with E-state index in [1.54, 1.807) is 26.6 Å². The summed E-state index contributed by atoms with van der Waals surface area (Å²) in [6.07, 6.45) is 3.43. The van der Waals surface area contributed by atoms with Crippen molar-refractivity contribution in [3.8, 4) is 22.8 Å². The highest BCUT2D eigenvalue weighted by Gasteiger charge is 2.12. The van der Waals surface area contributed by atoms with Gasteiger partial charge in [-0.25, -0.2) is 4.98 Å². The fraction of sp³-hybridized carbons (Fsp3) is 0.273. The lowest BCUT2D eigenvalue weighted by Gasteiger charge is -2.11. The molecule has 9 heteroatoms. The van der Waals surface area contributed by atoms with Crippen LogP contribution < -0.4 is 14.8 Å². The third-order valence-corrected chi connectivity index (χ3v) is 4.56. The van der Waals surface area contributed by atoms with E-state index < -0.39 is 0 Å². The van der Waals surface area contributed by atoms with Crippen LogP contribution in [-0.4, -0.2) is 55.8 Å². The van der Waals surface area contributed by atoms with Crippen LogP contribution in [0, 0.1) is 0 Å². The number of hydrogen-bond donors (Lipinski definition) is 2. The average molecular weight is 424 g/mol. The van der Waals surface area contributed by atoms with Gasteiger partial charge in [0.1, 0.15) is 6.61 Å². The molecule has 9 nitrogen and oxygen atoms in total. The monoisotopic (exact) mass is 424 g/mol. The average Bonchev–Trinajstić information content (AvgIpc) is 3.45. The van der Waals surface area contributed by atoms with Gasteiger partial charge in [-0.05, 0) is 36.4 Å². The molecule has 0 unspecified atom stereocenters. The third-order valence-electron chi connectivity index (χ3n) is 4.56. The fourth-order valence-electron chi connectivity index (χ4n) is 3.00. The van der Waals surface area contributed by atoms with Crippen LogP contribution in [0.15, 0.2) is 53.2 Å². The number of anilines is 2. The molecule has 0 saturated heterocycles. The minimum absolute atomic E-state index is 0.394. The maximum Gasteiger partial charge on any atom is 0.299 e. The van der Waals surface area contributed by atoms with Gasteiger partial charge in [-0.2, -0.15) is 5.10 Å². The highest BCUT2D eigenvalue weighted by molar-refractivity contribution is 5.82. The van der Waals surface area contributed by atoms with Crippen molar-refractivity contribution < 1.29 is 23.4 Å². The zero-order chi connectivity index (χ0) is 21.5. The van der Waals surface area contributed by atoms with E-state index in [-0.39, 0.29) is 0 Å². The Morgan fingerprint density at radius 1 is 0.968 bits per heavy atom. The second kappa shape index (κ2) is 9.96. The summed E-state index contributed by atoms with van der Waals surface area (Å²) in [5.41, 5.74) is 2.65. The first-order valence-corrected chi connectivity index (χ1v) is 9.80. The molecule has 0 bridgehead atoms. The van der Waals surface area contributed by atoms with E-state index in [1.165, 1.54) is 0 Å². The van der Waals surface area contributed by atoms with Gasteiger partial charge < -0.3 is 28.7 Å². The van der Waals surface area contributed by atoms with Crippen LogP contribution >= 0.6 is 0 Å². The number of H-pyrrole nitrogens is 1. The smallest absolute Gasteiger partial charge is 0.299 e. The van der Waals surface area contributed by atoms with Crippen LogP contribution in [-0.2, 0) is 9.47 Å². The molecule has 2 aromatic heterocycles. The molecule has 2 N–H and O–H groups in total. The van der Waals surface area contributed by atoms with E-state index >= 15 is 0 Å². The van der Waals surface area contributed by atoms with Crippen molar-refractivity contribution in [1.82, 2.24) is 15.2 Å². The summed E-state index contributed by atoms with van der Waals surface area (Å²) in [5.74, 6) is 1.85. The minimum Gasteiger partial charge on any atom is -0.493 e. The zero-order valence-electron chi connectivity index (χ0n) is 17.4. The summed E-state index contributed by atoms with van der Waals surface area (Å²) >= 11 is 0. The van der Waals surface area contributed by atoms with Gasteiger partial charge in [-0.1, -0.05) is 0 Å². The van der Waals surface area contributed by atoms with Crippen LogP contribution in [0.5, 0.6) is 11.5 Å². The topological polar surface area (TPSA) is 104 Å². The fourth-order valence-corrected chi connectivity index (χ4v) is 3.00. The number of rotatable bonds is 11. The summed E-state index contributed by atoms with van der Waals surface area (Å²) in [4.78, 5) is 4.32. The number of aromatic amines is 1. The van der Waals surface area contributed by atoms with Crippen LogP contribution in [0.4, 0.5) is 11.7 Å². The molecule has 0 radical (unpaired) electrons. The van der Waals surface area contributed by atoms with Crippen molar-refractivity contribution in [3.05, 3.63) is 48.8 Å². The maximum absolute atomic E-state index is 5.87. The number of nitrogens with zero attached hydrogens (tertiary/aromatic N) is 2.